The van der Waals surface area contributed by atoms with Crippen molar-refractivity contribution in [3.05, 3.63) is 77.2 Å². The highest BCUT2D eigenvalue weighted by atomic mass is 16.5. The molecule has 0 aliphatic carbocycles. The lowest BCUT2D eigenvalue weighted by Gasteiger charge is -2.28. The van der Waals surface area contributed by atoms with Gasteiger partial charge in [-0.05, 0) is 34.5 Å². The van der Waals surface area contributed by atoms with E-state index >= 15 is 0 Å². The molecule has 0 saturated carbocycles. The summed E-state index contributed by atoms with van der Waals surface area (Å²) in [5.41, 5.74) is 2.27. The maximum atomic E-state index is 10.2. The van der Waals surface area contributed by atoms with Crippen molar-refractivity contribution in [1.82, 2.24) is 4.90 Å². The average Bonchev–Trinajstić information content (AvgIpc) is 2.80. The Bertz CT molecular complexity index is 1240. The first-order chi connectivity index (χ1) is 15.1. The van der Waals surface area contributed by atoms with Crippen LogP contribution in [0, 0.1) is 11.3 Å². The molecule has 6 nitrogen and oxygen atoms in total. The highest BCUT2D eigenvalue weighted by Crippen LogP contribution is 2.47. The highest BCUT2D eigenvalue weighted by Gasteiger charge is 2.33. The van der Waals surface area contributed by atoms with E-state index in [-0.39, 0.29) is 5.92 Å². The van der Waals surface area contributed by atoms with E-state index in [1.165, 1.54) is 0 Å². The molecule has 3 aromatic carbocycles. The minimum Gasteiger partial charge on any atom is -0.493 e. The third-order valence-corrected chi connectivity index (χ3v) is 5.21. The van der Waals surface area contributed by atoms with Crippen molar-refractivity contribution in [3.63, 3.8) is 0 Å². The van der Waals surface area contributed by atoms with Gasteiger partial charge in [-0.25, -0.2) is 4.99 Å². The molecule has 156 valence electrons. The molecule has 0 aromatic heterocycles. The lowest BCUT2D eigenvalue weighted by atomic mass is 9.81. The topological polar surface area (TPSA) is 67.1 Å². The molecule has 6 heteroatoms. The maximum Gasteiger partial charge on any atom is 0.235 e. The minimum absolute atomic E-state index is 0.291. The van der Waals surface area contributed by atoms with Crippen LogP contribution in [0.2, 0.25) is 0 Å². The van der Waals surface area contributed by atoms with Gasteiger partial charge in [-0.3, -0.25) is 0 Å². The molecule has 0 saturated heterocycles. The van der Waals surface area contributed by atoms with E-state index in [9.17, 15) is 5.26 Å². The molecule has 0 amide bonds. The third-order valence-electron chi connectivity index (χ3n) is 5.21. The van der Waals surface area contributed by atoms with Crippen LogP contribution >= 0.6 is 0 Å². The van der Waals surface area contributed by atoms with Crippen LogP contribution in [-0.2, 0) is 0 Å². The molecular weight excluding hydrogens is 390 g/mol. The van der Waals surface area contributed by atoms with Crippen LogP contribution in [0.1, 0.15) is 17.0 Å². The van der Waals surface area contributed by atoms with Crippen LogP contribution < -0.4 is 14.2 Å². The van der Waals surface area contributed by atoms with E-state index < -0.39 is 0 Å². The molecule has 4 rings (SSSR count). The predicted molar refractivity (Wildman–Crippen MR) is 121 cm³/mol. The van der Waals surface area contributed by atoms with E-state index in [1.807, 2.05) is 62.6 Å². The quantitative estimate of drug-likeness (QED) is 0.448. The Labute approximate surface area is 181 Å². The predicted octanol–water partition coefficient (Wildman–Crippen LogP) is 4.71. The number of fused-ring (bicyclic) bond motifs is 3. The summed E-state index contributed by atoms with van der Waals surface area (Å²) in [6.07, 6.45) is 1.63. The second-order valence-corrected chi connectivity index (χ2v) is 7.39. The van der Waals surface area contributed by atoms with Gasteiger partial charge in [0.25, 0.3) is 0 Å². The normalized spacial score (nSPS) is 15.4. The summed E-state index contributed by atoms with van der Waals surface area (Å²) in [6.45, 7) is 0. The molecule has 31 heavy (non-hydrogen) atoms. The van der Waals surface area contributed by atoms with E-state index in [0.29, 0.717) is 28.7 Å². The first-order valence-electron chi connectivity index (χ1n) is 9.83. The van der Waals surface area contributed by atoms with E-state index in [2.05, 4.69) is 17.1 Å². The highest BCUT2D eigenvalue weighted by molar-refractivity contribution is 5.90. The van der Waals surface area contributed by atoms with Gasteiger partial charge in [0.2, 0.25) is 5.88 Å². The number of ether oxygens (including phenoxy) is 3. The molecule has 0 spiro atoms. The zero-order chi connectivity index (χ0) is 22.0. The van der Waals surface area contributed by atoms with Crippen molar-refractivity contribution in [2.75, 3.05) is 28.3 Å². The molecule has 0 N–H and O–H groups in total. The number of benzene rings is 3. The number of nitrogens with zero attached hydrogens (tertiary/aromatic N) is 3. The van der Waals surface area contributed by atoms with Crippen LogP contribution in [0.4, 0.5) is 0 Å². The van der Waals surface area contributed by atoms with Crippen LogP contribution in [0.15, 0.2) is 71.0 Å². The Hall–Kier alpha value is -3.98. The SMILES string of the molecule is COc1ccc(C2C(C#N)=C(N=CN(C)C)Oc3ccc4ccccc4c32)cc1OC. The summed E-state index contributed by atoms with van der Waals surface area (Å²) in [5.74, 6) is 1.84. The molecule has 3 aromatic rings. The van der Waals surface area contributed by atoms with Crippen molar-refractivity contribution in [2.24, 2.45) is 4.99 Å². The van der Waals surface area contributed by atoms with Gasteiger partial charge in [0.1, 0.15) is 17.4 Å². The second kappa shape index (κ2) is 8.41. The monoisotopic (exact) mass is 413 g/mol. The molecule has 0 bridgehead atoms. The Balaban J connectivity index is 2.01. The molecular formula is C25H23N3O3. The zero-order valence-corrected chi connectivity index (χ0v) is 17.9. The molecule has 1 unspecified atom stereocenters. The van der Waals surface area contributed by atoms with Crippen molar-refractivity contribution in [3.8, 4) is 23.3 Å². The van der Waals surface area contributed by atoms with Gasteiger partial charge >= 0.3 is 0 Å². The molecule has 1 aliphatic rings. The Morgan fingerprint density at radius 1 is 1.03 bits per heavy atom. The third kappa shape index (κ3) is 3.66. The fourth-order valence-corrected chi connectivity index (χ4v) is 3.83. The number of hydrogen-bond acceptors (Lipinski definition) is 5. The summed E-state index contributed by atoms with van der Waals surface area (Å²) in [4.78, 5) is 6.24. The standard InChI is InChI=1S/C25H23N3O3/c1-28(2)15-27-25-19(14-26)23(17-10-11-20(29-3)22(13-17)30-4)24-18-8-6-5-7-16(18)9-12-21(24)31-25/h5-13,15,23H,1-4H3. The number of aliphatic imine (C=N–C) groups is 1. The fourth-order valence-electron chi connectivity index (χ4n) is 3.83. The summed E-state index contributed by atoms with van der Waals surface area (Å²) in [5, 5.41) is 12.3. The molecule has 1 atom stereocenters. The number of rotatable bonds is 5. The Kier molecular flexibility index (Phi) is 5.50. The van der Waals surface area contributed by atoms with Gasteiger partial charge in [-0.1, -0.05) is 36.4 Å². The Morgan fingerprint density at radius 3 is 2.52 bits per heavy atom. The van der Waals surface area contributed by atoms with Crippen molar-refractivity contribution in [1.29, 1.82) is 5.26 Å². The van der Waals surface area contributed by atoms with Gasteiger partial charge in [-0.15, -0.1) is 0 Å². The van der Waals surface area contributed by atoms with Crippen LogP contribution in [0.3, 0.4) is 0 Å². The van der Waals surface area contributed by atoms with Crippen molar-refractivity contribution < 1.29 is 14.2 Å². The largest absolute Gasteiger partial charge is 0.493 e. The lowest BCUT2D eigenvalue weighted by molar-refractivity contribution is 0.354. The van der Waals surface area contributed by atoms with Crippen LogP contribution in [0.5, 0.6) is 17.2 Å². The van der Waals surface area contributed by atoms with Crippen LogP contribution in [0.25, 0.3) is 10.8 Å². The maximum absolute atomic E-state index is 10.2. The molecule has 0 fully saturated rings. The van der Waals surface area contributed by atoms with Gasteiger partial charge in [0, 0.05) is 19.7 Å². The first kappa shape index (κ1) is 20.3. The summed E-state index contributed by atoms with van der Waals surface area (Å²) in [6, 6.07) is 20.1. The van der Waals surface area contributed by atoms with E-state index in [0.717, 1.165) is 21.9 Å². The summed E-state index contributed by atoms with van der Waals surface area (Å²) in [7, 11) is 6.94. The lowest BCUT2D eigenvalue weighted by Crippen LogP contribution is -2.17. The van der Waals surface area contributed by atoms with E-state index in [4.69, 9.17) is 14.2 Å². The number of allylic oxidation sites excluding steroid dienone is 1. The van der Waals surface area contributed by atoms with Crippen molar-refractivity contribution >= 4 is 17.1 Å². The summed E-state index contributed by atoms with van der Waals surface area (Å²) >= 11 is 0. The fraction of sp³-hybridized carbons (Fsp3) is 0.200. The van der Waals surface area contributed by atoms with Gasteiger partial charge in [0.15, 0.2) is 11.5 Å². The molecule has 1 heterocycles. The number of methoxy groups -OCH3 is 2. The molecule has 0 radical (unpaired) electrons. The first-order valence-corrected chi connectivity index (χ1v) is 9.83. The number of hydrogen-bond donors (Lipinski definition) is 0. The van der Waals surface area contributed by atoms with Crippen molar-refractivity contribution in [2.45, 2.75) is 5.92 Å². The minimum atomic E-state index is -0.367. The van der Waals surface area contributed by atoms with Crippen LogP contribution in [-0.4, -0.2) is 39.6 Å². The number of nitriles is 1. The average molecular weight is 413 g/mol. The second-order valence-electron chi connectivity index (χ2n) is 7.39. The Morgan fingerprint density at radius 2 is 1.81 bits per heavy atom. The van der Waals surface area contributed by atoms with Gasteiger partial charge in [0.05, 0.1) is 26.5 Å². The van der Waals surface area contributed by atoms with Gasteiger partial charge < -0.3 is 19.1 Å². The van der Waals surface area contributed by atoms with Gasteiger partial charge in [-0.2, -0.15) is 5.26 Å². The summed E-state index contributed by atoms with van der Waals surface area (Å²) < 4.78 is 17.1. The molecule has 1 aliphatic heterocycles. The smallest absolute Gasteiger partial charge is 0.235 e. The zero-order valence-electron chi connectivity index (χ0n) is 17.9. The van der Waals surface area contributed by atoms with E-state index in [1.54, 1.807) is 25.5 Å².